The summed E-state index contributed by atoms with van der Waals surface area (Å²) in [6.07, 6.45) is 2.24. The number of methoxy groups -OCH3 is 1. The van der Waals surface area contributed by atoms with Crippen LogP contribution in [0.3, 0.4) is 0 Å². The number of nitrogens with zero attached hydrogens (tertiary/aromatic N) is 2. The van der Waals surface area contributed by atoms with Crippen molar-refractivity contribution in [3.05, 3.63) is 47.2 Å². The molecule has 3 atom stereocenters. The van der Waals surface area contributed by atoms with E-state index in [1.54, 1.807) is 0 Å². The number of rotatable bonds is 2. The highest BCUT2D eigenvalue weighted by Crippen LogP contribution is 2.64. The third-order valence-electron chi connectivity index (χ3n) is 4.42. The predicted octanol–water partition coefficient (Wildman–Crippen LogP) is 2.30. The van der Waals surface area contributed by atoms with Crippen LogP contribution in [-0.2, 0) is 11.2 Å². The van der Waals surface area contributed by atoms with Crippen LogP contribution in [0.1, 0.15) is 46.0 Å². The topological polar surface area (TPSA) is 65.2 Å². The average molecular weight is 270 g/mol. The minimum absolute atomic E-state index is 0.0561. The zero-order chi connectivity index (χ0) is 13.7. The summed E-state index contributed by atoms with van der Waals surface area (Å²) in [7, 11) is 1.30. The first-order valence-corrected chi connectivity index (χ1v) is 6.79. The van der Waals surface area contributed by atoms with E-state index in [-0.39, 0.29) is 11.8 Å². The van der Waals surface area contributed by atoms with Crippen LogP contribution in [0.25, 0.3) is 0 Å². The summed E-state index contributed by atoms with van der Waals surface area (Å²) >= 11 is 0. The van der Waals surface area contributed by atoms with Crippen LogP contribution >= 0.6 is 0 Å². The van der Waals surface area contributed by atoms with E-state index in [0.717, 1.165) is 12.8 Å². The van der Waals surface area contributed by atoms with Gasteiger partial charge in [-0.2, -0.15) is 0 Å². The number of hydrogen-bond acceptors (Lipinski definition) is 5. The molecule has 0 spiro atoms. The molecule has 1 aromatic carbocycles. The summed E-state index contributed by atoms with van der Waals surface area (Å²) in [6.45, 7) is 0. The van der Waals surface area contributed by atoms with Crippen LogP contribution < -0.4 is 0 Å². The van der Waals surface area contributed by atoms with Crippen molar-refractivity contribution in [1.29, 1.82) is 0 Å². The van der Waals surface area contributed by atoms with E-state index in [0.29, 0.717) is 17.7 Å². The Bertz CT molecular complexity index is 679. The highest BCUT2D eigenvalue weighted by atomic mass is 16.5. The Morgan fingerprint density at radius 1 is 1.30 bits per heavy atom. The smallest absolute Gasteiger partial charge is 0.396 e. The first-order chi connectivity index (χ1) is 9.79. The molecule has 5 nitrogen and oxygen atoms in total. The molecule has 0 bridgehead atoms. The third-order valence-corrected chi connectivity index (χ3v) is 4.42. The SMILES string of the molecule is COC(=O)c1nnc(C2C3CCc4ccccc4C32)o1. The molecule has 3 unspecified atom stereocenters. The molecule has 0 saturated heterocycles. The van der Waals surface area contributed by atoms with Crippen LogP contribution in [0, 0.1) is 5.92 Å². The van der Waals surface area contributed by atoms with Gasteiger partial charge < -0.3 is 9.15 Å². The molecule has 5 heteroatoms. The first-order valence-electron chi connectivity index (χ1n) is 6.79. The second-order valence-corrected chi connectivity index (χ2v) is 5.39. The highest BCUT2D eigenvalue weighted by molar-refractivity contribution is 5.83. The standard InChI is InChI=1S/C15H14N2O3/c1-19-15(18)14-17-16-13(20-14)12-10-7-6-8-4-2-3-5-9(8)11(10)12/h2-5,10-12H,6-7H2,1H3. The molecule has 20 heavy (non-hydrogen) atoms. The molecule has 1 saturated carbocycles. The molecular formula is C15H14N2O3. The Morgan fingerprint density at radius 3 is 3.00 bits per heavy atom. The Hall–Kier alpha value is -2.17. The van der Waals surface area contributed by atoms with Gasteiger partial charge in [0.15, 0.2) is 0 Å². The van der Waals surface area contributed by atoms with E-state index in [4.69, 9.17) is 4.42 Å². The zero-order valence-corrected chi connectivity index (χ0v) is 11.1. The first kappa shape index (κ1) is 11.6. The van der Waals surface area contributed by atoms with Crippen molar-refractivity contribution in [2.75, 3.05) is 7.11 Å². The molecule has 0 amide bonds. The van der Waals surface area contributed by atoms with Crippen molar-refractivity contribution in [3.63, 3.8) is 0 Å². The number of aromatic nitrogens is 2. The maximum absolute atomic E-state index is 11.4. The normalized spacial score (nSPS) is 26.6. The maximum atomic E-state index is 11.4. The van der Waals surface area contributed by atoms with Crippen LogP contribution in [0.15, 0.2) is 28.7 Å². The highest BCUT2D eigenvalue weighted by Gasteiger charge is 2.56. The fourth-order valence-electron chi connectivity index (χ4n) is 3.44. The van der Waals surface area contributed by atoms with Gasteiger partial charge >= 0.3 is 11.9 Å². The largest absolute Gasteiger partial charge is 0.462 e. The second kappa shape index (κ2) is 4.16. The number of carbonyl (C=O) groups excluding carboxylic acids is 1. The summed E-state index contributed by atoms with van der Waals surface area (Å²) in [5.74, 6) is 1.22. The van der Waals surface area contributed by atoms with E-state index in [9.17, 15) is 4.79 Å². The lowest BCUT2D eigenvalue weighted by molar-refractivity contribution is 0.0554. The van der Waals surface area contributed by atoms with Gasteiger partial charge in [-0.05, 0) is 35.8 Å². The number of fused-ring (bicyclic) bond motifs is 3. The van der Waals surface area contributed by atoms with Crippen molar-refractivity contribution in [1.82, 2.24) is 10.2 Å². The minimum atomic E-state index is -0.576. The molecule has 0 N–H and O–H groups in total. The van der Waals surface area contributed by atoms with Crippen molar-refractivity contribution >= 4 is 5.97 Å². The van der Waals surface area contributed by atoms with Gasteiger partial charge in [0.25, 0.3) is 0 Å². The lowest BCUT2D eigenvalue weighted by atomic mass is 9.92. The van der Waals surface area contributed by atoms with Crippen molar-refractivity contribution in [2.24, 2.45) is 5.92 Å². The van der Waals surface area contributed by atoms with Gasteiger partial charge in [0.05, 0.1) is 7.11 Å². The molecule has 1 fully saturated rings. The molecular weight excluding hydrogens is 256 g/mol. The van der Waals surface area contributed by atoms with Gasteiger partial charge in [-0.25, -0.2) is 4.79 Å². The fraction of sp³-hybridized carbons (Fsp3) is 0.400. The van der Waals surface area contributed by atoms with Gasteiger partial charge in [-0.15, -0.1) is 10.2 Å². The number of esters is 1. The molecule has 4 rings (SSSR count). The Kier molecular flexibility index (Phi) is 2.42. The molecule has 2 aliphatic rings. The van der Waals surface area contributed by atoms with Gasteiger partial charge in [-0.1, -0.05) is 24.3 Å². The predicted molar refractivity (Wildman–Crippen MR) is 69.4 cm³/mol. The van der Waals surface area contributed by atoms with Gasteiger partial charge in [0.2, 0.25) is 5.89 Å². The number of ether oxygens (including phenoxy) is 1. The number of benzene rings is 1. The van der Waals surface area contributed by atoms with Crippen molar-refractivity contribution in [2.45, 2.75) is 24.7 Å². The maximum Gasteiger partial charge on any atom is 0.396 e. The Labute approximate surface area is 116 Å². The number of hydrogen-bond donors (Lipinski definition) is 0. The monoisotopic (exact) mass is 270 g/mol. The quantitative estimate of drug-likeness (QED) is 0.783. The second-order valence-electron chi connectivity index (χ2n) is 5.39. The number of aryl methyl sites for hydroxylation is 1. The van der Waals surface area contributed by atoms with E-state index in [1.165, 1.54) is 18.2 Å². The van der Waals surface area contributed by atoms with Gasteiger partial charge in [-0.3, -0.25) is 0 Å². The van der Waals surface area contributed by atoms with Crippen LogP contribution in [0.4, 0.5) is 0 Å². The van der Waals surface area contributed by atoms with E-state index in [2.05, 4.69) is 39.2 Å². The van der Waals surface area contributed by atoms with Crippen molar-refractivity contribution in [3.8, 4) is 0 Å². The molecule has 0 aliphatic heterocycles. The average Bonchev–Trinajstić information content (AvgIpc) is 3.04. The Balaban J connectivity index is 1.64. The molecule has 2 aromatic rings. The van der Waals surface area contributed by atoms with Gasteiger partial charge in [0.1, 0.15) is 0 Å². The summed E-state index contributed by atoms with van der Waals surface area (Å²) in [6, 6.07) is 8.53. The number of carbonyl (C=O) groups is 1. The molecule has 102 valence electrons. The lowest BCUT2D eigenvalue weighted by Crippen LogP contribution is -2.00. The van der Waals surface area contributed by atoms with Crippen LogP contribution in [-0.4, -0.2) is 23.3 Å². The zero-order valence-electron chi connectivity index (χ0n) is 11.1. The lowest BCUT2D eigenvalue weighted by Gasteiger charge is -2.13. The molecule has 1 aromatic heterocycles. The molecule has 2 aliphatic carbocycles. The van der Waals surface area contributed by atoms with Gasteiger partial charge in [0, 0.05) is 5.92 Å². The third kappa shape index (κ3) is 1.59. The summed E-state index contributed by atoms with van der Waals surface area (Å²) in [5.41, 5.74) is 2.82. The Morgan fingerprint density at radius 2 is 2.15 bits per heavy atom. The summed E-state index contributed by atoms with van der Waals surface area (Å²) in [5, 5.41) is 7.80. The molecule has 0 radical (unpaired) electrons. The fourth-order valence-corrected chi connectivity index (χ4v) is 3.44. The van der Waals surface area contributed by atoms with E-state index >= 15 is 0 Å². The summed E-state index contributed by atoms with van der Waals surface area (Å²) in [4.78, 5) is 11.4. The molecule has 1 heterocycles. The summed E-state index contributed by atoms with van der Waals surface area (Å²) < 4.78 is 10.1. The van der Waals surface area contributed by atoms with Crippen LogP contribution in [0.2, 0.25) is 0 Å². The van der Waals surface area contributed by atoms with E-state index < -0.39 is 5.97 Å². The van der Waals surface area contributed by atoms with Crippen LogP contribution in [0.5, 0.6) is 0 Å². The minimum Gasteiger partial charge on any atom is -0.462 e. The van der Waals surface area contributed by atoms with E-state index in [1.807, 2.05) is 0 Å². The van der Waals surface area contributed by atoms with Crippen molar-refractivity contribution < 1.29 is 13.9 Å².